The maximum atomic E-state index is 12.4. The monoisotopic (exact) mass is 428 g/mol. The molecule has 0 aliphatic carbocycles. The van der Waals surface area contributed by atoms with E-state index >= 15 is 0 Å². The van der Waals surface area contributed by atoms with Crippen LogP contribution < -0.4 is 19.0 Å². The van der Waals surface area contributed by atoms with Crippen LogP contribution in [0.15, 0.2) is 41.4 Å². The van der Waals surface area contributed by atoms with Gasteiger partial charge in [0.1, 0.15) is 12.3 Å². The average Bonchev–Trinajstić information content (AvgIpc) is 3.29. The number of carbonyl (C=O) groups is 2. The number of aromatic nitrogens is 1. The fourth-order valence-corrected chi connectivity index (χ4v) is 4.08. The third-order valence-electron chi connectivity index (χ3n) is 4.34. The molecule has 3 aromatic rings. The lowest BCUT2D eigenvalue weighted by Crippen LogP contribution is -2.24. The number of hydrogen-bond donors (Lipinski definition) is 0. The summed E-state index contributed by atoms with van der Waals surface area (Å²) in [4.78, 5) is 29.1. The Labute approximate surface area is 176 Å². The van der Waals surface area contributed by atoms with Gasteiger partial charge in [-0.25, -0.2) is 0 Å². The number of nitrogens with zero attached hydrogens (tertiary/aromatic N) is 2. The Morgan fingerprint density at radius 1 is 1.20 bits per heavy atom. The van der Waals surface area contributed by atoms with Gasteiger partial charge in [0.15, 0.2) is 22.9 Å². The molecule has 0 bridgehead atoms. The second-order valence-electron chi connectivity index (χ2n) is 6.56. The normalized spacial score (nSPS) is 12.9. The summed E-state index contributed by atoms with van der Waals surface area (Å²) in [7, 11) is 0. The molecule has 1 aliphatic rings. The molecule has 4 rings (SSSR count). The van der Waals surface area contributed by atoms with Gasteiger partial charge in [0.25, 0.3) is 5.91 Å². The Balaban J connectivity index is 1.65. The van der Waals surface area contributed by atoms with Crippen LogP contribution in [-0.4, -0.2) is 36.5 Å². The van der Waals surface area contributed by atoms with E-state index in [0.29, 0.717) is 27.6 Å². The van der Waals surface area contributed by atoms with Gasteiger partial charge in [-0.15, -0.1) is 0 Å². The van der Waals surface area contributed by atoms with Crippen LogP contribution in [0.1, 0.15) is 12.5 Å². The molecule has 0 atom stereocenters. The van der Waals surface area contributed by atoms with Crippen LogP contribution >= 0.6 is 11.3 Å². The smallest absolute Gasteiger partial charge is 0.326 e. The molecule has 9 heteroatoms. The highest BCUT2D eigenvalue weighted by molar-refractivity contribution is 7.16. The van der Waals surface area contributed by atoms with Gasteiger partial charge < -0.3 is 23.5 Å². The lowest BCUT2D eigenvalue weighted by molar-refractivity contribution is -0.143. The molecule has 2 aromatic carbocycles. The summed E-state index contributed by atoms with van der Waals surface area (Å²) in [6.45, 7) is 3.82. The molecule has 8 nitrogen and oxygen atoms in total. The zero-order valence-electron chi connectivity index (χ0n) is 16.5. The van der Waals surface area contributed by atoms with E-state index in [0.717, 1.165) is 10.3 Å². The molecule has 156 valence electrons. The average molecular weight is 428 g/mol. The SMILES string of the molecule is CCOC(=O)Cn1c(=NC(=O)COc2cccc(C)c2)sc2cc3c(cc21)OCO3. The first-order chi connectivity index (χ1) is 14.5. The molecule has 1 amide bonds. The Bertz CT molecular complexity index is 1180. The van der Waals surface area contributed by atoms with Gasteiger partial charge >= 0.3 is 5.97 Å². The number of amides is 1. The molecule has 0 radical (unpaired) electrons. The van der Waals surface area contributed by atoms with Crippen LogP contribution in [0, 0.1) is 6.92 Å². The Hall–Kier alpha value is -3.33. The summed E-state index contributed by atoms with van der Waals surface area (Å²) in [5.41, 5.74) is 1.75. The molecule has 0 N–H and O–H groups in total. The van der Waals surface area contributed by atoms with Crippen molar-refractivity contribution in [3.8, 4) is 17.2 Å². The highest BCUT2D eigenvalue weighted by atomic mass is 32.1. The molecule has 0 saturated heterocycles. The number of carbonyl (C=O) groups excluding carboxylic acids is 2. The van der Waals surface area contributed by atoms with Gasteiger partial charge in [0, 0.05) is 12.1 Å². The fraction of sp³-hybridized carbons (Fsp3) is 0.286. The number of aryl methyl sites for hydroxylation is 1. The van der Waals surface area contributed by atoms with E-state index in [1.807, 2.05) is 31.2 Å². The molecule has 0 unspecified atom stereocenters. The summed E-state index contributed by atoms with van der Waals surface area (Å²) >= 11 is 1.28. The van der Waals surface area contributed by atoms with Crippen molar-refractivity contribution < 1.29 is 28.5 Å². The minimum absolute atomic E-state index is 0.0711. The lowest BCUT2D eigenvalue weighted by atomic mass is 10.2. The predicted octanol–water partition coefficient (Wildman–Crippen LogP) is 2.81. The van der Waals surface area contributed by atoms with E-state index in [9.17, 15) is 9.59 Å². The molecule has 0 spiro atoms. The minimum Gasteiger partial charge on any atom is -0.484 e. The second kappa shape index (κ2) is 8.58. The summed E-state index contributed by atoms with van der Waals surface area (Å²) < 4.78 is 23.9. The van der Waals surface area contributed by atoms with Crippen LogP contribution in [0.25, 0.3) is 10.2 Å². The van der Waals surface area contributed by atoms with Crippen molar-refractivity contribution in [3.63, 3.8) is 0 Å². The Morgan fingerprint density at radius 2 is 2.00 bits per heavy atom. The molecular weight excluding hydrogens is 408 g/mol. The summed E-state index contributed by atoms with van der Waals surface area (Å²) in [5, 5.41) is 0. The van der Waals surface area contributed by atoms with Gasteiger partial charge in [-0.05, 0) is 31.5 Å². The first-order valence-electron chi connectivity index (χ1n) is 9.39. The van der Waals surface area contributed by atoms with Crippen molar-refractivity contribution >= 4 is 33.4 Å². The number of ether oxygens (including phenoxy) is 4. The standard InChI is InChI=1S/C21H20N2O6S/c1-3-26-20(25)10-23-15-8-16-17(29-12-28-16)9-18(15)30-21(23)22-19(24)11-27-14-6-4-5-13(2)7-14/h4-9H,3,10-12H2,1-2H3. The second-order valence-corrected chi connectivity index (χ2v) is 7.57. The molecule has 1 aliphatic heterocycles. The third kappa shape index (κ3) is 4.30. The maximum Gasteiger partial charge on any atom is 0.326 e. The van der Waals surface area contributed by atoms with Gasteiger partial charge in [0.2, 0.25) is 6.79 Å². The van der Waals surface area contributed by atoms with E-state index < -0.39 is 11.9 Å². The molecule has 2 heterocycles. The van der Waals surface area contributed by atoms with Crippen molar-refractivity contribution in [3.05, 3.63) is 46.8 Å². The van der Waals surface area contributed by atoms with Gasteiger partial charge in [-0.1, -0.05) is 23.5 Å². The highest BCUT2D eigenvalue weighted by Crippen LogP contribution is 2.37. The number of thiazole rings is 1. The van der Waals surface area contributed by atoms with Crippen molar-refractivity contribution in [1.29, 1.82) is 0 Å². The predicted molar refractivity (Wildman–Crippen MR) is 110 cm³/mol. The molecule has 30 heavy (non-hydrogen) atoms. The van der Waals surface area contributed by atoms with Crippen LogP contribution in [0.2, 0.25) is 0 Å². The maximum absolute atomic E-state index is 12.4. The topological polar surface area (TPSA) is 88.4 Å². The third-order valence-corrected chi connectivity index (χ3v) is 5.38. The minimum atomic E-state index is -0.458. The zero-order chi connectivity index (χ0) is 21.1. The van der Waals surface area contributed by atoms with Gasteiger partial charge in [0.05, 0.1) is 16.8 Å². The van der Waals surface area contributed by atoms with Gasteiger partial charge in [-0.3, -0.25) is 9.59 Å². The fourth-order valence-electron chi connectivity index (χ4n) is 3.02. The Morgan fingerprint density at radius 3 is 2.77 bits per heavy atom. The van der Waals surface area contributed by atoms with Crippen molar-refractivity contribution in [2.75, 3.05) is 20.0 Å². The van der Waals surface area contributed by atoms with Gasteiger partial charge in [-0.2, -0.15) is 4.99 Å². The summed E-state index contributed by atoms with van der Waals surface area (Å²) in [5.74, 6) is 0.923. The number of rotatable bonds is 6. The number of benzene rings is 2. The quantitative estimate of drug-likeness (QED) is 0.561. The molecular formula is C21H20N2O6S. The van der Waals surface area contributed by atoms with Crippen LogP contribution in [-0.2, 0) is 20.9 Å². The lowest BCUT2D eigenvalue weighted by Gasteiger charge is -2.06. The largest absolute Gasteiger partial charge is 0.484 e. The Kier molecular flexibility index (Phi) is 5.71. The van der Waals surface area contributed by atoms with Crippen LogP contribution in [0.4, 0.5) is 0 Å². The zero-order valence-corrected chi connectivity index (χ0v) is 17.4. The van der Waals surface area contributed by atoms with E-state index in [1.54, 1.807) is 23.6 Å². The summed E-state index contributed by atoms with van der Waals surface area (Å²) in [6.07, 6.45) is 0. The van der Waals surface area contributed by atoms with Crippen molar-refractivity contribution in [2.45, 2.75) is 20.4 Å². The number of fused-ring (bicyclic) bond motifs is 2. The molecule has 1 aromatic heterocycles. The highest BCUT2D eigenvalue weighted by Gasteiger charge is 2.19. The van der Waals surface area contributed by atoms with E-state index in [4.69, 9.17) is 18.9 Å². The molecule has 0 saturated carbocycles. The number of hydrogen-bond acceptors (Lipinski definition) is 7. The summed E-state index contributed by atoms with van der Waals surface area (Å²) in [6, 6.07) is 11.0. The van der Waals surface area contributed by atoms with E-state index in [2.05, 4.69) is 4.99 Å². The first kappa shape index (κ1) is 20.0. The molecule has 0 fully saturated rings. The van der Waals surface area contributed by atoms with Crippen LogP contribution in [0.3, 0.4) is 0 Å². The van der Waals surface area contributed by atoms with E-state index in [1.165, 1.54) is 11.3 Å². The first-order valence-corrected chi connectivity index (χ1v) is 10.2. The van der Waals surface area contributed by atoms with Crippen molar-refractivity contribution in [1.82, 2.24) is 4.57 Å². The number of esters is 1. The van der Waals surface area contributed by atoms with Crippen LogP contribution in [0.5, 0.6) is 17.2 Å². The van der Waals surface area contributed by atoms with E-state index in [-0.39, 0.29) is 26.6 Å². The van der Waals surface area contributed by atoms with Crippen molar-refractivity contribution in [2.24, 2.45) is 4.99 Å².